The van der Waals surface area contributed by atoms with E-state index in [9.17, 15) is 19.2 Å². The molecule has 4 aliphatic carbocycles. The zero-order chi connectivity index (χ0) is 20.6. The molecule has 4 aliphatic rings. The molecule has 0 unspecified atom stereocenters. The van der Waals surface area contributed by atoms with E-state index in [1.165, 1.54) is 23.8 Å². The van der Waals surface area contributed by atoms with Crippen LogP contribution in [0.1, 0.15) is 50.6 Å². The van der Waals surface area contributed by atoms with Gasteiger partial charge in [0.25, 0.3) is 5.91 Å². The molecule has 1 aromatic rings. The molecule has 0 saturated heterocycles. The number of carbonyl (C=O) groups is 3. The molecular weight excluding hydrogens is 394 g/mol. The SMILES string of the molecule is Cc1csc(=O)n1CCC(=O)OCC(=O)NC(=O)NC12CC3CC(CC(C3)C1)C2. The number of urea groups is 1. The van der Waals surface area contributed by atoms with E-state index in [4.69, 9.17) is 4.74 Å². The van der Waals surface area contributed by atoms with Crippen LogP contribution in [0.4, 0.5) is 4.79 Å². The van der Waals surface area contributed by atoms with E-state index in [2.05, 4.69) is 10.6 Å². The summed E-state index contributed by atoms with van der Waals surface area (Å²) >= 11 is 1.08. The molecule has 1 aromatic heterocycles. The first-order chi connectivity index (χ1) is 13.8. The Bertz CT molecular complexity index is 838. The third-order valence-corrected chi connectivity index (χ3v) is 7.43. The van der Waals surface area contributed by atoms with Crippen LogP contribution in [0.3, 0.4) is 0 Å². The van der Waals surface area contributed by atoms with Crippen molar-refractivity contribution in [3.63, 3.8) is 0 Å². The van der Waals surface area contributed by atoms with Crippen molar-refractivity contribution in [3.8, 4) is 0 Å². The second kappa shape index (κ2) is 7.93. The molecule has 0 spiro atoms. The summed E-state index contributed by atoms with van der Waals surface area (Å²) < 4.78 is 6.42. The van der Waals surface area contributed by atoms with Gasteiger partial charge in [-0.15, -0.1) is 0 Å². The van der Waals surface area contributed by atoms with E-state index in [1.54, 1.807) is 12.3 Å². The number of aromatic nitrogens is 1. The fourth-order valence-electron chi connectivity index (χ4n) is 5.79. The third-order valence-electron chi connectivity index (χ3n) is 6.55. The highest BCUT2D eigenvalue weighted by molar-refractivity contribution is 7.07. The van der Waals surface area contributed by atoms with Crippen LogP contribution in [0.25, 0.3) is 0 Å². The Morgan fingerprint density at radius 2 is 1.79 bits per heavy atom. The molecule has 9 heteroatoms. The summed E-state index contributed by atoms with van der Waals surface area (Å²) in [6.45, 7) is 1.49. The van der Waals surface area contributed by atoms with E-state index < -0.39 is 24.5 Å². The molecule has 0 atom stereocenters. The number of hydrogen-bond donors (Lipinski definition) is 2. The van der Waals surface area contributed by atoms with Crippen LogP contribution in [-0.4, -0.2) is 34.6 Å². The molecule has 0 radical (unpaired) electrons. The van der Waals surface area contributed by atoms with Crippen LogP contribution in [-0.2, 0) is 20.9 Å². The average molecular weight is 422 g/mol. The number of ether oxygens (including phenoxy) is 1. The topological polar surface area (TPSA) is 106 Å². The number of nitrogens with zero attached hydrogens (tertiary/aromatic N) is 1. The lowest BCUT2D eigenvalue weighted by atomic mass is 9.53. The number of hydrogen-bond acceptors (Lipinski definition) is 6. The Hall–Kier alpha value is -2.16. The lowest BCUT2D eigenvalue weighted by Gasteiger charge is -2.56. The first-order valence-corrected chi connectivity index (χ1v) is 11.1. The Kier molecular flexibility index (Phi) is 5.50. The normalized spacial score (nSPS) is 29.5. The van der Waals surface area contributed by atoms with Gasteiger partial charge in [-0.3, -0.25) is 19.7 Å². The van der Waals surface area contributed by atoms with Gasteiger partial charge in [-0.25, -0.2) is 4.79 Å². The Labute approximate surface area is 173 Å². The molecule has 0 aliphatic heterocycles. The molecular formula is C20H27N3O5S. The molecule has 5 rings (SSSR count). The quantitative estimate of drug-likeness (QED) is 0.683. The van der Waals surface area contributed by atoms with Crippen molar-refractivity contribution >= 4 is 29.2 Å². The minimum atomic E-state index is -0.649. The lowest BCUT2D eigenvalue weighted by molar-refractivity contribution is -0.148. The molecule has 8 nitrogen and oxygen atoms in total. The Morgan fingerprint density at radius 1 is 1.17 bits per heavy atom. The van der Waals surface area contributed by atoms with Crippen LogP contribution in [0, 0.1) is 24.7 Å². The fourth-order valence-corrected chi connectivity index (χ4v) is 6.56. The largest absolute Gasteiger partial charge is 0.456 e. The monoisotopic (exact) mass is 421 g/mol. The maximum absolute atomic E-state index is 12.3. The Balaban J connectivity index is 1.19. The molecule has 0 aromatic carbocycles. The number of thiazole rings is 1. The van der Waals surface area contributed by atoms with Crippen LogP contribution >= 0.6 is 11.3 Å². The lowest BCUT2D eigenvalue weighted by Crippen LogP contribution is -2.62. The van der Waals surface area contributed by atoms with Gasteiger partial charge in [0.1, 0.15) is 0 Å². The highest BCUT2D eigenvalue weighted by Crippen LogP contribution is 2.55. The number of rotatable bonds is 6. The van der Waals surface area contributed by atoms with Crippen LogP contribution in [0.5, 0.6) is 0 Å². The average Bonchev–Trinajstić information content (AvgIpc) is 2.94. The maximum atomic E-state index is 12.3. The molecule has 1 heterocycles. The van der Waals surface area contributed by atoms with Gasteiger partial charge < -0.3 is 14.6 Å². The maximum Gasteiger partial charge on any atom is 0.321 e. The first kappa shape index (κ1) is 20.1. The summed E-state index contributed by atoms with van der Waals surface area (Å²) in [7, 11) is 0. The van der Waals surface area contributed by atoms with Gasteiger partial charge in [-0.05, 0) is 63.2 Å². The summed E-state index contributed by atoms with van der Waals surface area (Å²) in [4.78, 5) is 47.6. The predicted molar refractivity (Wildman–Crippen MR) is 106 cm³/mol. The highest BCUT2D eigenvalue weighted by atomic mass is 32.1. The predicted octanol–water partition coefficient (Wildman–Crippen LogP) is 1.95. The van der Waals surface area contributed by atoms with Crippen LogP contribution < -0.4 is 15.5 Å². The summed E-state index contributed by atoms with van der Waals surface area (Å²) in [5, 5.41) is 7.06. The molecule has 158 valence electrons. The number of amides is 3. The van der Waals surface area contributed by atoms with Crippen LogP contribution in [0.15, 0.2) is 10.2 Å². The fraction of sp³-hybridized carbons (Fsp3) is 0.700. The van der Waals surface area contributed by atoms with Gasteiger partial charge in [-0.1, -0.05) is 11.3 Å². The zero-order valence-corrected chi connectivity index (χ0v) is 17.4. The summed E-state index contributed by atoms with van der Waals surface area (Å²) in [6, 6.07) is -0.506. The van der Waals surface area contributed by atoms with Crippen molar-refractivity contribution in [3.05, 3.63) is 20.7 Å². The molecule has 4 fully saturated rings. The van der Waals surface area contributed by atoms with Crippen molar-refractivity contribution < 1.29 is 19.1 Å². The molecule has 4 bridgehead atoms. The van der Waals surface area contributed by atoms with E-state index in [0.29, 0.717) is 17.8 Å². The van der Waals surface area contributed by atoms with E-state index >= 15 is 0 Å². The summed E-state index contributed by atoms with van der Waals surface area (Å²) in [6.07, 6.45) is 6.80. The van der Waals surface area contributed by atoms with E-state index in [1.807, 2.05) is 0 Å². The minimum absolute atomic E-state index is 0.00969. The van der Waals surface area contributed by atoms with Crippen molar-refractivity contribution in [1.29, 1.82) is 0 Å². The number of nitrogens with one attached hydrogen (secondary N) is 2. The standard InChI is InChI=1S/C20H27N3O5S/c1-12-11-29-19(27)23(12)3-2-17(25)28-10-16(24)21-18(26)22-20-7-13-4-14(8-20)6-15(5-13)9-20/h11,13-15H,2-10H2,1H3,(H2,21,22,24,26). The second-order valence-corrected chi connectivity index (χ2v) is 9.73. The number of aryl methyl sites for hydroxylation is 1. The number of imide groups is 1. The second-order valence-electron chi connectivity index (χ2n) is 8.91. The molecule has 29 heavy (non-hydrogen) atoms. The highest BCUT2D eigenvalue weighted by Gasteiger charge is 2.51. The summed E-state index contributed by atoms with van der Waals surface area (Å²) in [5.41, 5.74) is 0.605. The van der Waals surface area contributed by atoms with E-state index in [-0.39, 0.29) is 23.4 Å². The minimum Gasteiger partial charge on any atom is -0.456 e. The zero-order valence-electron chi connectivity index (χ0n) is 16.6. The smallest absolute Gasteiger partial charge is 0.321 e. The van der Waals surface area contributed by atoms with E-state index in [0.717, 1.165) is 36.3 Å². The molecule has 3 amide bonds. The van der Waals surface area contributed by atoms with Crippen molar-refractivity contribution in [1.82, 2.24) is 15.2 Å². The molecule has 2 N–H and O–H groups in total. The van der Waals surface area contributed by atoms with Crippen molar-refractivity contribution in [2.24, 2.45) is 17.8 Å². The van der Waals surface area contributed by atoms with Crippen molar-refractivity contribution in [2.45, 2.75) is 64.0 Å². The number of esters is 1. The van der Waals surface area contributed by atoms with Gasteiger partial charge in [0.05, 0.1) is 6.42 Å². The summed E-state index contributed by atoms with van der Waals surface area (Å²) in [5.74, 6) is 0.844. The third kappa shape index (κ3) is 4.55. The first-order valence-electron chi connectivity index (χ1n) is 10.2. The van der Waals surface area contributed by atoms with Gasteiger partial charge in [0.15, 0.2) is 6.61 Å². The van der Waals surface area contributed by atoms with Gasteiger partial charge in [-0.2, -0.15) is 0 Å². The van der Waals surface area contributed by atoms with Crippen LogP contribution in [0.2, 0.25) is 0 Å². The van der Waals surface area contributed by atoms with Crippen molar-refractivity contribution in [2.75, 3.05) is 6.61 Å². The van der Waals surface area contributed by atoms with Gasteiger partial charge in [0.2, 0.25) is 0 Å². The Morgan fingerprint density at radius 3 is 2.34 bits per heavy atom. The number of carbonyl (C=O) groups excluding carboxylic acids is 3. The molecule has 4 saturated carbocycles. The van der Waals surface area contributed by atoms with Gasteiger partial charge >= 0.3 is 16.9 Å². The van der Waals surface area contributed by atoms with Gasteiger partial charge in [0, 0.05) is 23.2 Å².